The van der Waals surface area contributed by atoms with Gasteiger partial charge in [0.2, 0.25) is 5.89 Å². The second-order valence-corrected chi connectivity index (χ2v) is 3.33. The fraction of sp³-hybridized carbons (Fsp3) is 0.182. The van der Waals surface area contributed by atoms with Gasteiger partial charge in [0, 0.05) is 6.92 Å². The molecule has 1 aromatic heterocycles. The fourth-order valence-corrected chi connectivity index (χ4v) is 1.23. The molecule has 0 atom stereocenters. The highest BCUT2D eigenvalue weighted by atomic mass is 16.5. The van der Waals surface area contributed by atoms with Gasteiger partial charge >= 0.3 is 5.97 Å². The molecule has 0 saturated heterocycles. The number of aryl methyl sites for hydroxylation is 1. The van der Waals surface area contributed by atoms with E-state index in [9.17, 15) is 4.79 Å². The Hall–Kier alpha value is -2.37. The maximum absolute atomic E-state index is 10.6. The number of hydrogen-bond acceptors (Lipinski definition) is 5. The van der Waals surface area contributed by atoms with Gasteiger partial charge in [-0.05, 0) is 24.3 Å². The van der Waals surface area contributed by atoms with Gasteiger partial charge in [-0.2, -0.15) is 0 Å². The predicted molar refractivity (Wildman–Crippen MR) is 56.8 cm³/mol. The molecule has 0 bridgehead atoms. The number of aromatic carboxylic acids is 1. The molecular weight excluding hydrogens is 224 g/mol. The third-order valence-electron chi connectivity index (χ3n) is 2.03. The minimum absolute atomic E-state index is 0.160. The summed E-state index contributed by atoms with van der Waals surface area (Å²) in [6.07, 6.45) is 0. The lowest BCUT2D eigenvalue weighted by atomic mass is 10.2. The molecule has 6 heteroatoms. The van der Waals surface area contributed by atoms with Crippen molar-refractivity contribution in [3.63, 3.8) is 0 Å². The molecule has 6 nitrogen and oxygen atoms in total. The number of ether oxygens (including phenoxy) is 1. The van der Waals surface area contributed by atoms with E-state index in [4.69, 9.17) is 14.3 Å². The Kier molecular flexibility index (Phi) is 3.04. The van der Waals surface area contributed by atoms with E-state index in [1.54, 1.807) is 19.1 Å². The zero-order chi connectivity index (χ0) is 12.3. The highest BCUT2D eigenvalue weighted by molar-refractivity contribution is 5.87. The van der Waals surface area contributed by atoms with Gasteiger partial charge in [-0.3, -0.25) is 0 Å². The molecule has 0 aliphatic heterocycles. The SMILES string of the molecule is Cc1nnc(COc2ccc(C(=O)O)cc2)o1. The van der Waals surface area contributed by atoms with Crippen molar-refractivity contribution < 1.29 is 19.1 Å². The Morgan fingerprint density at radius 3 is 2.59 bits per heavy atom. The minimum Gasteiger partial charge on any atom is -0.484 e. The van der Waals surface area contributed by atoms with E-state index in [0.29, 0.717) is 17.5 Å². The van der Waals surface area contributed by atoms with Crippen molar-refractivity contribution in [1.29, 1.82) is 0 Å². The van der Waals surface area contributed by atoms with Crippen LogP contribution in [0.3, 0.4) is 0 Å². The first-order valence-electron chi connectivity index (χ1n) is 4.90. The summed E-state index contributed by atoms with van der Waals surface area (Å²) < 4.78 is 10.5. The lowest BCUT2D eigenvalue weighted by molar-refractivity contribution is 0.0697. The molecule has 0 aliphatic carbocycles. The Bertz CT molecular complexity index is 519. The number of nitrogens with zero attached hydrogens (tertiary/aromatic N) is 2. The van der Waals surface area contributed by atoms with E-state index in [0.717, 1.165) is 0 Å². The van der Waals surface area contributed by atoms with Crippen molar-refractivity contribution in [3.05, 3.63) is 41.6 Å². The molecule has 1 heterocycles. The molecule has 0 amide bonds. The van der Waals surface area contributed by atoms with Crippen molar-refractivity contribution in [2.75, 3.05) is 0 Å². The van der Waals surface area contributed by atoms with E-state index in [-0.39, 0.29) is 12.2 Å². The quantitative estimate of drug-likeness (QED) is 0.865. The molecule has 2 rings (SSSR count). The predicted octanol–water partition coefficient (Wildman–Crippen LogP) is 1.66. The first kappa shape index (κ1) is 11.1. The van der Waals surface area contributed by atoms with E-state index >= 15 is 0 Å². The van der Waals surface area contributed by atoms with Crippen molar-refractivity contribution in [1.82, 2.24) is 10.2 Å². The van der Waals surface area contributed by atoms with Gasteiger partial charge in [-0.15, -0.1) is 10.2 Å². The average molecular weight is 234 g/mol. The number of benzene rings is 1. The molecule has 0 unspecified atom stereocenters. The minimum atomic E-state index is -0.968. The van der Waals surface area contributed by atoms with Crippen LogP contribution in [0.1, 0.15) is 22.1 Å². The third-order valence-corrected chi connectivity index (χ3v) is 2.03. The van der Waals surface area contributed by atoms with Crippen LogP contribution in [0.5, 0.6) is 5.75 Å². The average Bonchev–Trinajstić information content (AvgIpc) is 2.73. The Balaban J connectivity index is 1.97. The van der Waals surface area contributed by atoms with Crippen LogP contribution in [0, 0.1) is 6.92 Å². The number of carbonyl (C=O) groups is 1. The summed E-state index contributed by atoms with van der Waals surface area (Å²) in [4.78, 5) is 10.6. The number of rotatable bonds is 4. The monoisotopic (exact) mass is 234 g/mol. The van der Waals surface area contributed by atoms with Gasteiger partial charge in [-0.1, -0.05) is 0 Å². The van der Waals surface area contributed by atoms with E-state index in [1.807, 2.05) is 0 Å². The highest BCUT2D eigenvalue weighted by Gasteiger charge is 2.05. The van der Waals surface area contributed by atoms with E-state index < -0.39 is 5.97 Å². The van der Waals surface area contributed by atoms with Crippen LogP contribution < -0.4 is 4.74 Å². The smallest absolute Gasteiger partial charge is 0.335 e. The molecule has 0 saturated carbocycles. The molecule has 1 N–H and O–H groups in total. The van der Waals surface area contributed by atoms with Gasteiger partial charge in [0.15, 0.2) is 6.61 Å². The van der Waals surface area contributed by atoms with Crippen LogP contribution in [-0.2, 0) is 6.61 Å². The zero-order valence-corrected chi connectivity index (χ0v) is 9.08. The van der Waals surface area contributed by atoms with Crippen molar-refractivity contribution >= 4 is 5.97 Å². The molecular formula is C11H10N2O4. The Morgan fingerprint density at radius 2 is 2.06 bits per heavy atom. The molecule has 0 radical (unpaired) electrons. The largest absolute Gasteiger partial charge is 0.484 e. The van der Waals surface area contributed by atoms with Crippen LogP contribution in [-0.4, -0.2) is 21.3 Å². The first-order valence-corrected chi connectivity index (χ1v) is 4.90. The Morgan fingerprint density at radius 1 is 1.35 bits per heavy atom. The van der Waals surface area contributed by atoms with Gasteiger partial charge in [0.25, 0.3) is 5.89 Å². The number of aromatic nitrogens is 2. The maximum Gasteiger partial charge on any atom is 0.335 e. The van der Waals surface area contributed by atoms with Gasteiger partial charge in [-0.25, -0.2) is 4.79 Å². The number of carboxylic acid groups (broad SMARTS) is 1. The first-order chi connectivity index (χ1) is 8.15. The standard InChI is InChI=1S/C11H10N2O4/c1-7-12-13-10(17-7)6-16-9-4-2-8(3-5-9)11(14)15/h2-5H,6H2,1H3,(H,14,15). The molecule has 1 aromatic carbocycles. The lowest BCUT2D eigenvalue weighted by Crippen LogP contribution is -1.98. The maximum atomic E-state index is 10.6. The normalized spacial score (nSPS) is 10.2. The third kappa shape index (κ3) is 2.81. The topological polar surface area (TPSA) is 85.5 Å². The second kappa shape index (κ2) is 4.65. The summed E-state index contributed by atoms with van der Waals surface area (Å²) in [5.74, 6) is 0.435. The zero-order valence-electron chi connectivity index (χ0n) is 9.08. The Labute approximate surface area is 96.9 Å². The van der Waals surface area contributed by atoms with Crippen molar-refractivity contribution in [3.8, 4) is 5.75 Å². The highest BCUT2D eigenvalue weighted by Crippen LogP contribution is 2.13. The van der Waals surface area contributed by atoms with Crippen LogP contribution >= 0.6 is 0 Å². The van der Waals surface area contributed by atoms with E-state index in [1.165, 1.54) is 12.1 Å². The van der Waals surface area contributed by atoms with Crippen molar-refractivity contribution in [2.24, 2.45) is 0 Å². The summed E-state index contributed by atoms with van der Waals surface area (Å²) in [6.45, 7) is 1.85. The lowest BCUT2D eigenvalue weighted by Gasteiger charge is -2.03. The van der Waals surface area contributed by atoms with Crippen LogP contribution in [0.4, 0.5) is 0 Å². The van der Waals surface area contributed by atoms with Gasteiger partial charge in [0.05, 0.1) is 5.56 Å². The molecule has 0 spiro atoms. The molecule has 0 fully saturated rings. The van der Waals surface area contributed by atoms with Crippen LogP contribution in [0.15, 0.2) is 28.7 Å². The second-order valence-electron chi connectivity index (χ2n) is 3.33. The fourth-order valence-electron chi connectivity index (χ4n) is 1.23. The van der Waals surface area contributed by atoms with Crippen LogP contribution in [0.2, 0.25) is 0 Å². The number of hydrogen-bond donors (Lipinski definition) is 1. The van der Waals surface area contributed by atoms with E-state index in [2.05, 4.69) is 10.2 Å². The summed E-state index contributed by atoms with van der Waals surface area (Å²) >= 11 is 0. The molecule has 0 aliphatic rings. The summed E-state index contributed by atoms with van der Waals surface area (Å²) in [6, 6.07) is 6.09. The number of carboxylic acids is 1. The molecule has 2 aromatic rings. The van der Waals surface area contributed by atoms with Gasteiger partial charge in [0.1, 0.15) is 5.75 Å². The molecule has 17 heavy (non-hydrogen) atoms. The summed E-state index contributed by atoms with van der Waals surface area (Å²) in [5.41, 5.74) is 0.214. The van der Waals surface area contributed by atoms with Gasteiger partial charge < -0.3 is 14.3 Å². The summed E-state index contributed by atoms with van der Waals surface area (Å²) in [5, 5.41) is 16.1. The van der Waals surface area contributed by atoms with Crippen LogP contribution in [0.25, 0.3) is 0 Å². The summed E-state index contributed by atoms with van der Waals surface area (Å²) in [7, 11) is 0. The van der Waals surface area contributed by atoms with Crippen molar-refractivity contribution in [2.45, 2.75) is 13.5 Å². The molecule has 88 valence electrons.